The van der Waals surface area contributed by atoms with Crippen LogP contribution in [0.15, 0.2) is 48.7 Å². The van der Waals surface area contributed by atoms with Gasteiger partial charge < -0.3 is 14.8 Å². The van der Waals surface area contributed by atoms with Crippen molar-refractivity contribution in [2.45, 2.75) is 32.0 Å². The topological polar surface area (TPSA) is 61.2 Å². The Hall–Kier alpha value is -2.57. The Bertz CT molecular complexity index is 959. The third-order valence-electron chi connectivity index (χ3n) is 5.13. The Morgan fingerprint density at radius 1 is 1.07 bits per heavy atom. The van der Waals surface area contributed by atoms with Gasteiger partial charge in [0.25, 0.3) is 0 Å². The third-order valence-corrected chi connectivity index (χ3v) is 5.13. The van der Waals surface area contributed by atoms with Gasteiger partial charge in [-0.05, 0) is 47.4 Å². The van der Waals surface area contributed by atoms with Crippen LogP contribution in [-0.2, 0) is 19.6 Å². The van der Waals surface area contributed by atoms with Gasteiger partial charge in [-0.15, -0.1) is 17.5 Å². The standard InChI is InChI=1S/C21H22N4O2.ClH/c1-3-16-12-18(4-1)26-10-2-9-25-13-17(23-24-25)14-27-19-5-6-20-15(11-19)7-8-22-21(16)20;/h1,3-6,11-13,21-22H,2,7-10,14H2;1H. The summed E-state index contributed by atoms with van der Waals surface area (Å²) >= 11 is 0. The molecule has 146 valence electrons. The van der Waals surface area contributed by atoms with Crippen molar-refractivity contribution < 1.29 is 9.47 Å². The van der Waals surface area contributed by atoms with Crippen LogP contribution in [0.25, 0.3) is 0 Å². The lowest BCUT2D eigenvalue weighted by molar-refractivity contribution is 0.297. The minimum Gasteiger partial charge on any atom is -0.494 e. The van der Waals surface area contributed by atoms with Gasteiger partial charge in [0.2, 0.25) is 0 Å². The molecule has 6 rings (SSSR count). The lowest BCUT2D eigenvalue weighted by Gasteiger charge is -2.28. The van der Waals surface area contributed by atoms with E-state index in [4.69, 9.17) is 9.47 Å². The Kier molecular flexibility index (Phi) is 5.50. The summed E-state index contributed by atoms with van der Waals surface area (Å²) in [4.78, 5) is 0. The van der Waals surface area contributed by atoms with Gasteiger partial charge in [0, 0.05) is 19.5 Å². The molecule has 2 aromatic carbocycles. The summed E-state index contributed by atoms with van der Waals surface area (Å²) in [6.07, 6.45) is 3.81. The van der Waals surface area contributed by atoms with Gasteiger partial charge in [0.15, 0.2) is 0 Å². The zero-order valence-corrected chi connectivity index (χ0v) is 16.3. The smallest absolute Gasteiger partial charge is 0.134 e. The first kappa shape index (κ1) is 18.8. The van der Waals surface area contributed by atoms with E-state index in [1.54, 1.807) is 0 Å². The first-order valence-corrected chi connectivity index (χ1v) is 9.46. The number of benzene rings is 2. The number of fused-ring (bicyclic) bond motifs is 5. The Morgan fingerprint density at radius 3 is 2.96 bits per heavy atom. The Morgan fingerprint density at radius 2 is 2.00 bits per heavy atom. The number of hydrogen-bond donors (Lipinski definition) is 1. The number of rotatable bonds is 0. The van der Waals surface area contributed by atoms with Crippen LogP contribution in [0, 0.1) is 0 Å². The monoisotopic (exact) mass is 398 g/mol. The minimum absolute atomic E-state index is 0. The van der Waals surface area contributed by atoms with Gasteiger partial charge in [0.1, 0.15) is 23.8 Å². The number of nitrogens with one attached hydrogen (secondary N) is 1. The van der Waals surface area contributed by atoms with Crippen LogP contribution in [0.4, 0.5) is 0 Å². The van der Waals surface area contributed by atoms with E-state index >= 15 is 0 Å². The molecule has 28 heavy (non-hydrogen) atoms. The van der Waals surface area contributed by atoms with Crippen molar-refractivity contribution >= 4 is 12.4 Å². The second kappa shape index (κ2) is 8.20. The first-order valence-electron chi connectivity index (χ1n) is 9.46. The molecule has 1 N–H and O–H groups in total. The van der Waals surface area contributed by atoms with Crippen molar-refractivity contribution in [1.29, 1.82) is 0 Å². The molecule has 0 radical (unpaired) electrons. The number of nitrogens with zero attached hydrogens (tertiary/aromatic N) is 3. The fraction of sp³-hybridized carbons (Fsp3) is 0.333. The molecule has 3 aliphatic rings. The van der Waals surface area contributed by atoms with Gasteiger partial charge >= 0.3 is 0 Å². The summed E-state index contributed by atoms with van der Waals surface area (Å²) in [5, 5.41) is 12.0. The maximum absolute atomic E-state index is 5.98. The summed E-state index contributed by atoms with van der Waals surface area (Å²) in [6.45, 7) is 2.79. The van der Waals surface area contributed by atoms with E-state index in [9.17, 15) is 0 Å². The molecule has 1 unspecified atom stereocenters. The van der Waals surface area contributed by atoms with Crippen molar-refractivity contribution in [3.05, 3.63) is 71.0 Å². The third kappa shape index (κ3) is 3.84. The van der Waals surface area contributed by atoms with Crippen molar-refractivity contribution in [3.63, 3.8) is 0 Å². The lowest BCUT2D eigenvalue weighted by atomic mass is 9.89. The average Bonchev–Trinajstić information content (AvgIpc) is 3.16. The fourth-order valence-corrected chi connectivity index (χ4v) is 3.80. The van der Waals surface area contributed by atoms with Crippen LogP contribution in [0.3, 0.4) is 0 Å². The molecule has 4 heterocycles. The van der Waals surface area contributed by atoms with E-state index in [0.717, 1.165) is 43.1 Å². The average molecular weight is 399 g/mol. The van der Waals surface area contributed by atoms with Crippen LogP contribution in [-0.4, -0.2) is 28.1 Å². The van der Waals surface area contributed by atoms with Crippen LogP contribution < -0.4 is 14.8 Å². The molecule has 7 heteroatoms. The van der Waals surface area contributed by atoms with Crippen LogP contribution >= 0.6 is 12.4 Å². The second-order valence-electron chi connectivity index (χ2n) is 7.03. The van der Waals surface area contributed by atoms with Gasteiger partial charge in [-0.25, -0.2) is 0 Å². The van der Waals surface area contributed by atoms with E-state index in [1.165, 1.54) is 16.7 Å². The molecule has 0 spiro atoms. The maximum Gasteiger partial charge on any atom is 0.134 e. The molecule has 0 fully saturated rings. The molecule has 1 atom stereocenters. The highest BCUT2D eigenvalue weighted by Gasteiger charge is 2.22. The van der Waals surface area contributed by atoms with Crippen LogP contribution in [0.2, 0.25) is 0 Å². The highest BCUT2D eigenvalue weighted by molar-refractivity contribution is 5.85. The van der Waals surface area contributed by atoms with Crippen LogP contribution in [0.1, 0.15) is 34.8 Å². The predicted molar refractivity (Wildman–Crippen MR) is 108 cm³/mol. The molecule has 0 amide bonds. The molecule has 0 saturated heterocycles. The summed E-state index contributed by atoms with van der Waals surface area (Å²) in [5.41, 5.74) is 4.70. The SMILES string of the molecule is Cl.c1cc2cc(c1)C1NCCc3cc(ccc31)OCc1cn(nn1)CCCO2. The van der Waals surface area contributed by atoms with E-state index in [2.05, 4.69) is 46.0 Å². The normalized spacial score (nSPS) is 18.4. The number of halogens is 1. The first-order chi connectivity index (χ1) is 13.3. The zero-order chi connectivity index (χ0) is 18.1. The summed E-state index contributed by atoms with van der Waals surface area (Å²) in [7, 11) is 0. The highest BCUT2D eigenvalue weighted by Crippen LogP contribution is 2.32. The molecule has 3 aliphatic heterocycles. The quantitative estimate of drug-likeness (QED) is 0.629. The molecule has 0 aliphatic carbocycles. The second-order valence-corrected chi connectivity index (χ2v) is 7.03. The van der Waals surface area contributed by atoms with E-state index < -0.39 is 0 Å². The molecule has 6 nitrogen and oxygen atoms in total. The van der Waals surface area contributed by atoms with E-state index in [0.29, 0.717) is 13.2 Å². The summed E-state index contributed by atoms with van der Waals surface area (Å²) in [5.74, 6) is 1.79. The predicted octanol–water partition coefficient (Wildman–Crippen LogP) is 3.30. The summed E-state index contributed by atoms with van der Waals surface area (Å²) in [6, 6.07) is 14.9. The van der Waals surface area contributed by atoms with Crippen LogP contribution in [0.5, 0.6) is 11.5 Å². The van der Waals surface area contributed by atoms with E-state index in [-0.39, 0.29) is 18.4 Å². The number of hydrogen-bond acceptors (Lipinski definition) is 5. The maximum atomic E-state index is 5.98. The number of ether oxygens (including phenoxy) is 2. The van der Waals surface area contributed by atoms with Gasteiger partial charge in [0.05, 0.1) is 18.8 Å². The highest BCUT2D eigenvalue weighted by atomic mass is 35.5. The largest absolute Gasteiger partial charge is 0.494 e. The van der Waals surface area contributed by atoms with Crippen molar-refractivity contribution in [2.75, 3.05) is 13.2 Å². The van der Waals surface area contributed by atoms with Crippen molar-refractivity contribution in [1.82, 2.24) is 20.3 Å². The van der Waals surface area contributed by atoms with E-state index in [1.807, 2.05) is 23.0 Å². The van der Waals surface area contributed by atoms with Crippen molar-refractivity contribution in [3.8, 4) is 11.5 Å². The van der Waals surface area contributed by atoms with Crippen molar-refractivity contribution in [2.24, 2.45) is 0 Å². The Labute approximate surface area is 170 Å². The summed E-state index contributed by atoms with van der Waals surface area (Å²) < 4.78 is 13.8. The minimum atomic E-state index is 0. The molecule has 3 aromatic rings. The number of aryl methyl sites for hydroxylation is 1. The van der Waals surface area contributed by atoms with Gasteiger partial charge in [-0.2, -0.15) is 0 Å². The molecule has 8 bridgehead atoms. The lowest BCUT2D eigenvalue weighted by Crippen LogP contribution is -2.30. The fourth-order valence-electron chi connectivity index (χ4n) is 3.80. The molecule has 1 aromatic heterocycles. The zero-order valence-electron chi connectivity index (χ0n) is 15.5. The van der Waals surface area contributed by atoms with Gasteiger partial charge in [-0.1, -0.05) is 23.4 Å². The van der Waals surface area contributed by atoms with Gasteiger partial charge in [-0.3, -0.25) is 4.68 Å². The molecular weight excluding hydrogens is 376 g/mol. The number of aromatic nitrogens is 3. The Balaban J connectivity index is 0.00000192. The molecular formula is C21H23ClN4O2. The molecule has 0 saturated carbocycles.